The molecule has 0 fully saturated rings. The third kappa shape index (κ3) is 2.28. The molecule has 2 heteroatoms. The van der Waals surface area contributed by atoms with Crippen LogP contribution in [-0.2, 0) is 0 Å². The molecule has 0 unspecified atom stereocenters. The van der Waals surface area contributed by atoms with Crippen LogP contribution in [0, 0.1) is 0 Å². The first kappa shape index (κ1) is 9.14. The molecule has 1 aliphatic rings. The SMILES string of the molecule is CCC1=C/C=C(Cl)\C=C/C=C1N. The number of nitrogens with two attached hydrogens (primary N) is 1. The summed E-state index contributed by atoms with van der Waals surface area (Å²) in [5, 5.41) is 0.727. The molecule has 0 bridgehead atoms. The van der Waals surface area contributed by atoms with Crippen LogP contribution in [0.25, 0.3) is 0 Å². The highest BCUT2D eigenvalue weighted by molar-refractivity contribution is 6.31. The Labute approximate surface area is 77.9 Å². The predicted molar refractivity (Wildman–Crippen MR) is 53.7 cm³/mol. The molecule has 0 radical (unpaired) electrons. The number of rotatable bonds is 1. The van der Waals surface area contributed by atoms with Crippen molar-refractivity contribution < 1.29 is 0 Å². The van der Waals surface area contributed by atoms with Gasteiger partial charge in [-0.15, -0.1) is 0 Å². The first-order chi connectivity index (χ1) is 5.74. The summed E-state index contributed by atoms with van der Waals surface area (Å²) in [6.07, 6.45) is 10.3. The minimum absolute atomic E-state index is 0.727. The van der Waals surface area contributed by atoms with E-state index in [4.69, 9.17) is 17.3 Å². The number of hydrogen-bond donors (Lipinski definition) is 1. The van der Waals surface area contributed by atoms with E-state index in [1.165, 1.54) is 0 Å². The van der Waals surface area contributed by atoms with Crippen LogP contribution in [-0.4, -0.2) is 0 Å². The normalized spacial score (nSPS) is 24.3. The van der Waals surface area contributed by atoms with Gasteiger partial charge in [-0.1, -0.05) is 30.7 Å². The van der Waals surface area contributed by atoms with Crippen LogP contribution in [0.2, 0.25) is 0 Å². The maximum absolute atomic E-state index is 5.82. The molecule has 0 aromatic heterocycles. The highest BCUT2D eigenvalue weighted by Crippen LogP contribution is 2.14. The van der Waals surface area contributed by atoms with Gasteiger partial charge in [-0.05, 0) is 30.2 Å². The lowest BCUT2D eigenvalue weighted by atomic mass is 10.1. The summed E-state index contributed by atoms with van der Waals surface area (Å²) in [5.41, 5.74) is 7.71. The van der Waals surface area contributed by atoms with Gasteiger partial charge in [0.2, 0.25) is 0 Å². The van der Waals surface area contributed by atoms with E-state index in [0.29, 0.717) is 0 Å². The number of hydrogen-bond acceptors (Lipinski definition) is 1. The topological polar surface area (TPSA) is 26.0 Å². The van der Waals surface area contributed by atoms with Gasteiger partial charge < -0.3 is 5.73 Å². The number of halogens is 1. The quantitative estimate of drug-likeness (QED) is 0.662. The van der Waals surface area contributed by atoms with Crippen LogP contribution in [0.1, 0.15) is 13.3 Å². The van der Waals surface area contributed by atoms with Crippen molar-refractivity contribution in [2.24, 2.45) is 5.73 Å². The fraction of sp³-hybridized carbons (Fsp3) is 0.200. The lowest BCUT2D eigenvalue weighted by Gasteiger charge is -2.04. The van der Waals surface area contributed by atoms with Gasteiger partial charge in [0.1, 0.15) is 0 Å². The van der Waals surface area contributed by atoms with E-state index < -0.39 is 0 Å². The Morgan fingerprint density at radius 3 is 2.75 bits per heavy atom. The predicted octanol–water partition coefficient (Wildman–Crippen LogP) is 2.86. The van der Waals surface area contributed by atoms with Crippen molar-refractivity contribution in [2.45, 2.75) is 13.3 Å². The van der Waals surface area contributed by atoms with Crippen LogP contribution >= 0.6 is 11.6 Å². The average Bonchev–Trinajstić information content (AvgIpc) is 2.03. The van der Waals surface area contributed by atoms with Crippen molar-refractivity contribution in [3.63, 3.8) is 0 Å². The third-order valence-corrected chi connectivity index (χ3v) is 1.98. The molecular weight excluding hydrogens is 170 g/mol. The second-order valence-corrected chi connectivity index (χ2v) is 3.01. The lowest BCUT2D eigenvalue weighted by Crippen LogP contribution is -2.00. The molecule has 1 nitrogen and oxygen atoms in total. The molecule has 0 aromatic rings. The summed E-state index contributed by atoms with van der Waals surface area (Å²) in [6, 6.07) is 0. The van der Waals surface area contributed by atoms with Crippen molar-refractivity contribution in [2.75, 3.05) is 0 Å². The molecule has 2 N–H and O–H groups in total. The molecule has 0 saturated carbocycles. The molecule has 0 aliphatic heterocycles. The Kier molecular flexibility index (Phi) is 3.18. The summed E-state index contributed by atoms with van der Waals surface area (Å²) in [4.78, 5) is 0. The molecule has 64 valence electrons. The van der Waals surface area contributed by atoms with Crippen molar-refractivity contribution in [1.82, 2.24) is 0 Å². The Balaban J connectivity index is 2.97. The van der Waals surface area contributed by atoms with Crippen molar-refractivity contribution in [3.8, 4) is 0 Å². The van der Waals surface area contributed by atoms with E-state index in [9.17, 15) is 0 Å². The van der Waals surface area contributed by atoms with Crippen molar-refractivity contribution in [1.29, 1.82) is 0 Å². The Bertz CT molecular complexity index is 282. The van der Waals surface area contributed by atoms with Gasteiger partial charge in [0.05, 0.1) is 0 Å². The minimum atomic E-state index is 0.727. The van der Waals surface area contributed by atoms with Crippen LogP contribution < -0.4 is 5.73 Å². The highest BCUT2D eigenvalue weighted by atomic mass is 35.5. The summed E-state index contributed by atoms with van der Waals surface area (Å²) in [6.45, 7) is 2.07. The molecule has 0 spiro atoms. The second kappa shape index (κ2) is 4.17. The molecule has 1 rings (SSSR count). The summed E-state index contributed by atoms with van der Waals surface area (Å²) in [7, 11) is 0. The van der Waals surface area contributed by atoms with Gasteiger partial charge in [0.25, 0.3) is 0 Å². The van der Waals surface area contributed by atoms with Gasteiger partial charge in [0, 0.05) is 10.7 Å². The van der Waals surface area contributed by atoms with E-state index in [1.807, 2.05) is 30.4 Å². The highest BCUT2D eigenvalue weighted by Gasteiger charge is 1.97. The largest absolute Gasteiger partial charge is 0.399 e. The summed E-state index contributed by atoms with van der Waals surface area (Å²) >= 11 is 5.82. The van der Waals surface area contributed by atoms with E-state index >= 15 is 0 Å². The maximum Gasteiger partial charge on any atom is 0.0406 e. The molecule has 0 aromatic carbocycles. The van der Waals surface area contributed by atoms with Gasteiger partial charge in [-0.2, -0.15) is 0 Å². The minimum Gasteiger partial charge on any atom is -0.399 e. The first-order valence-electron chi connectivity index (χ1n) is 3.94. The zero-order chi connectivity index (χ0) is 8.97. The van der Waals surface area contributed by atoms with Gasteiger partial charge >= 0.3 is 0 Å². The Morgan fingerprint density at radius 1 is 1.33 bits per heavy atom. The summed E-state index contributed by atoms with van der Waals surface area (Å²) in [5.74, 6) is 0. The molecule has 0 saturated heterocycles. The van der Waals surface area contributed by atoms with Gasteiger partial charge in [-0.3, -0.25) is 0 Å². The van der Waals surface area contributed by atoms with Crippen LogP contribution in [0.5, 0.6) is 0 Å². The standard InChI is InChI=1S/C10H12ClN/c1-2-8-6-7-9(11)4-3-5-10(8)12/h3-7H,2,12H2,1H3/b4-3-,5-3?,7-6?,8-6?,9-4?,9-7+,10-5?,10-8?. The molecule has 0 amide bonds. The molecule has 0 atom stereocenters. The smallest absolute Gasteiger partial charge is 0.0406 e. The van der Waals surface area contributed by atoms with Crippen LogP contribution in [0.3, 0.4) is 0 Å². The van der Waals surface area contributed by atoms with Gasteiger partial charge in [0.15, 0.2) is 0 Å². The van der Waals surface area contributed by atoms with E-state index in [2.05, 4.69) is 6.92 Å². The Morgan fingerprint density at radius 2 is 2.08 bits per heavy atom. The number of allylic oxidation sites excluding steroid dienone is 7. The van der Waals surface area contributed by atoms with Crippen molar-refractivity contribution >= 4 is 11.6 Å². The molecule has 1 aliphatic carbocycles. The van der Waals surface area contributed by atoms with Crippen LogP contribution in [0.15, 0.2) is 46.7 Å². The maximum atomic E-state index is 5.82. The fourth-order valence-electron chi connectivity index (χ4n) is 1.00. The fourth-order valence-corrected chi connectivity index (χ4v) is 1.14. The average molecular weight is 182 g/mol. The first-order valence-corrected chi connectivity index (χ1v) is 4.32. The van der Waals surface area contributed by atoms with E-state index in [1.54, 1.807) is 0 Å². The molecule has 12 heavy (non-hydrogen) atoms. The van der Waals surface area contributed by atoms with Gasteiger partial charge in [-0.25, -0.2) is 0 Å². The summed E-state index contributed by atoms with van der Waals surface area (Å²) < 4.78 is 0. The monoisotopic (exact) mass is 181 g/mol. The zero-order valence-corrected chi connectivity index (χ0v) is 7.81. The molecule has 0 heterocycles. The van der Waals surface area contributed by atoms with E-state index in [0.717, 1.165) is 22.7 Å². The van der Waals surface area contributed by atoms with E-state index in [-0.39, 0.29) is 0 Å². The van der Waals surface area contributed by atoms with Crippen molar-refractivity contribution in [3.05, 3.63) is 46.7 Å². The zero-order valence-electron chi connectivity index (χ0n) is 7.05. The third-order valence-electron chi connectivity index (χ3n) is 1.73. The molecular formula is C10H12ClN. The lowest BCUT2D eigenvalue weighted by molar-refractivity contribution is 1.09. The Hall–Kier alpha value is -0.950. The second-order valence-electron chi connectivity index (χ2n) is 2.58. The van der Waals surface area contributed by atoms with Crippen LogP contribution in [0.4, 0.5) is 0 Å².